The van der Waals surface area contributed by atoms with E-state index in [1.807, 2.05) is 0 Å². The molecule has 0 atom stereocenters. The Morgan fingerprint density at radius 1 is 1.55 bits per heavy atom. The zero-order valence-corrected chi connectivity index (χ0v) is 12.8. The highest BCUT2D eigenvalue weighted by molar-refractivity contribution is 7.11. The third kappa shape index (κ3) is 4.35. The molecule has 0 radical (unpaired) electrons. The van der Waals surface area contributed by atoms with Crippen molar-refractivity contribution in [2.45, 2.75) is 32.7 Å². The number of carbonyl (C=O) groups excluding carboxylic acids is 1. The second-order valence-electron chi connectivity index (χ2n) is 5.42. The number of carbonyl (C=O) groups is 1. The average Bonchev–Trinajstić information content (AvgIpc) is 3.11. The minimum absolute atomic E-state index is 0.135. The van der Waals surface area contributed by atoms with Crippen LogP contribution in [0, 0.1) is 5.92 Å². The number of ether oxygens (including phenoxy) is 1. The van der Waals surface area contributed by atoms with Crippen LogP contribution in [0.1, 0.15) is 37.0 Å². The summed E-state index contributed by atoms with van der Waals surface area (Å²) in [5.74, 6) is 0.678. The van der Waals surface area contributed by atoms with Crippen LogP contribution in [-0.2, 0) is 4.74 Å². The van der Waals surface area contributed by atoms with Crippen LogP contribution in [0.3, 0.4) is 0 Å². The van der Waals surface area contributed by atoms with E-state index in [4.69, 9.17) is 10.5 Å². The molecule has 0 saturated heterocycles. The van der Waals surface area contributed by atoms with Crippen LogP contribution in [0.5, 0.6) is 0 Å². The second kappa shape index (κ2) is 6.90. The summed E-state index contributed by atoms with van der Waals surface area (Å²) < 4.78 is 9.54. The van der Waals surface area contributed by atoms with E-state index in [-0.39, 0.29) is 5.91 Å². The third-order valence-corrected chi connectivity index (χ3v) is 3.66. The van der Waals surface area contributed by atoms with Gasteiger partial charge in [-0.05, 0) is 30.3 Å². The molecule has 1 saturated carbocycles. The van der Waals surface area contributed by atoms with Gasteiger partial charge in [-0.2, -0.15) is 4.37 Å². The van der Waals surface area contributed by atoms with E-state index in [1.54, 1.807) is 0 Å². The van der Waals surface area contributed by atoms with E-state index in [0.29, 0.717) is 41.5 Å². The van der Waals surface area contributed by atoms with Crippen molar-refractivity contribution in [1.82, 2.24) is 9.69 Å². The van der Waals surface area contributed by atoms with Gasteiger partial charge >= 0.3 is 0 Å². The summed E-state index contributed by atoms with van der Waals surface area (Å²) in [5, 5.41) is 6.82. The average molecular weight is 298 g/mol. The zero-order valence-electron chi connectivity index (χ0n) is 11.9. The molecule has 1 amide bonds. The van der Waals surface area contributed by atoms with Gasteiger partial charge in [-0.3, -0.25) is 4.79 Å². The normalized spacial score (nSPS) is 14.6. The second-order valence-corrected chi connectivity index (χ2v) is 6.19. The molecule has 7 heteroatoms. The van der Waals surface area contributed by atoms with Crippen LogP contribution in [0.4, 0.5) is 10.8 Å². The smallest absolute Gasteiger partial charge is 0.258 e. The molecule has 1 aliphatic carbocycles. The molecule has 1 heterocycles. The lowest BCUT2D eigenvalue weighted by Gasteiger charge is -2.09. The van der Waals surface area contributed by atoms with E-state index < -0.39 is 0 Å². The van der Waals surface area contributed by atoms with Crippen LogP contribution in [0.25, 0.3) is 0 Å². The molecule has 0 spiro atoms. The number of rotatable bonds is 8. The van der Waals surface area contributed by atoms with Gasteiger partial charge < -0.3 is 21.1 Å². The predicted molar refractivity (Wildman–Crippen MR) is 81.2 cm³/mol. The molecule has 1 aliphatic rings. The van der Waals surface area contributed by atoms with Gasteiger partial charge in [-0.15, -0.1) is 0 Å². The first-order valence-corrected chi connectivity index (χ1v) is 7.73. The summed E-state index contributed by atoms with van der Waals surface area (Å²) in [5.41, 5.74) is 6.24. The third-order valence-electron chi connectivity index (χ3n) is 2.84. The number of amides is 1. The van der Waals surface area contributed by atoms with Crippen molar-refractivity contribution >= 4 is 28.3 Å². The van der Waals surface area contributed by atoms with Gasteiger partial charge in [-0.1, -0.05) is 13.8 Å². The summed E-state index contributed by atoms with van der Waals surface area (Å²) in [6.45, 7) is 6.19. The Balaban J connectivity index is 1.83. The monoisotopic (exact) mass is 298 g/mol. The number of nitrogens with zero attached hydrogens (tertiary/aromatic N) is 1. The van der Waals surface area contributed by atoms with E-state index in [2.05, 4.69) is 28.9 Å². The maximum Gasteiger partial charge on any atom is 0.258 e. The molecule has 0 aromatic carbocycles. The molecule has 20 heavy (non-hydrogen) atoms. The molecule has 0 aliphatic heterocycles. The van der Waals surface area contributed by atoms with Crippen molar-refractivity contribution in [3.8, 4) is 0 Å². The van der Waals surface area contributed by atoms with Crippen molar-refractivity contribution in [2.75, 3.05) is 30.8 Å². The topological polar surface area (TPSA) is 89.3 Å². The van der Waals surface area contributed by atoms with Gasteiger partial charge in [0.05, 0.1) is 6.61 Å². The molecule has 6 nitrogen and oxygen atoms in total. The first-order chi connectivity index (χ1) is 9.58. The van der Waals surface area contributed by atoms with E-state index in [1.165, 1.54) is 11.5 Å². The maximum absolute atomic E-state index is 12.1. The Morgan fingerprint density at radius 2 is 2.30 bits per heavy atom. The minimum atomic E-state index is -0.135. The standard InChI is InChI=1S/C13H22N4O2S/c1-8(2)7-19-6-5-15-13-10(11(14)17-20-13)12(18)16-9-3-4-9/h8-9,15H,3-7H2,1-2H3,(H2,14,17)(H,16,18). The maximum atomic E-state index is 12.1. The number of nitrogens with one attached hydrogen (secondary N) is 2. The largest absolute Gasteiger partial charge is 0.382 e. The first kappa shape index (κ1) is 15.1. The van der Waals surface area contributed by atoms with Crippen LogP contribution >= 0.6 is 11.5 Å². The number of hydrogen-bond donors (Lipinski definition) is 3. The fraction of sp³-hybridized carbons (Fsp3) is 0.692. The summed E-state index contributed by atoms with van der Waals surface area (Å²) in [6, 6.07) is 0.309. The summed E-state index contributed by atoms with van der Waals surface area (Å²) in [6.07, 6.45) is 2.10. The predicted octanol–water partition coefficient (Wildman–Crippen LogP) is 1.70. The lowest BCUT2D eigenvalue weighted by Crippen LogP contribution is -2.26. The molecule has 2 rings (SSSR count). The van der Waals surface area contributed by atoms with Crippen molar-refractivity contribution < 1.29 is 9.53 Å². The van der Waals surface area contributed by atoms with Crippen LogP contribution in [0.2, 0.25) is 0 Å². The number of nitrogen functional groups attached to an aromatic ring is 1. The minimum Gasteiger partial charge on any atom is -0.382 e. The summed E-state index contributed by atoms with van der Waals surface area (Å²) in [4.78, 5) is 12.1. The Labute approximate surface area is 123 Å². The van der Waals surface area contributed by atoms with Crippen molar-refractivity contribution in [2.24, 2.45) is 5.92 Å². The van der Waals surface area contributed by atoms with E-state index in [0.717, 1.165) is 19.4 Å². The van der Waals surface area contributed by atoms with Gasteiger partial charge in [0.15, 0.2) is 5.82 Å². The highest BCUT2D eigenvalue weighted by Crippen LogP contribution is 2.28. The fourth-order valence-electron chi connectivity index (χ4n) is 1.68. The summed E-state index contributed by atoms with van der Waals surface area (Å²) >= 11 is 1.21. The van der Waals surface area contributed by atoms with E-state index >= 15 is 0 Å². The number of hydrogen-bond acceptors (Lipinski definition) is 6. The molecule has 0 bridgehead atoms. The quantitative estimate of drug-likeness (QED) is 0.636. The van der Waals surface area contributed by atoms with Crippen LogP contribution < -0.4 is 16.4 Å². The highest BCUT2D eigenvalue weighted by atomic mass is 32.1. The first-order valence-electron chi connectivity index (χ1n) is 6.95. The molecule has 1 aromatic rings. The molecular weight excluding hydrogens is 276 g/mol. The number of nitrogens with two attached hydrogens (primary N) is 1. The van der Waals surface area contributed by atoms with Crippen LogP contribution in [-0.4, -0.2) is 36.1 Å². The fourth-order valence-corrected chi connectivity index (χ4v) is 2.42. The van der Waals surface area contributed by atoms with Gasteiger partial charge in [0, 0.05) is 19.2 Å². The molecule has 4 N–H and O–H groups in total. The van der Waals surface area contributed by atoms with Crippen molar-refractivity contribution in [3.05, 3.63) is 5.56 Å². The molecule has 1 aromatic heterocycles. The van der Waals surface area contributed by atoms with Gasteiger partial charge in [0.2, 0.25) is 0 Å². The SMILES string of the molecule is CC(C)COCCNc1snc(N)c1C(=O)NC1CC1. The number of anilines is 2. The lowest BCUT2D eigenvalue weighted by molar-refractivity contribution is 0.0952. The van der Waals surface area contributed by atoms with E-state index in [9.17, 15) is 4.79 Å². The van der Waals surface area contributed by atoms with Crippen molar-refractivity contribution in [3.63, 3.8) is 0 Å². The van der Waals surface area contributed by atoms with Gasteiger partial charge in [0.25, 0.3) is 5.91 Å². The molecule has 0 unspecified atom stereocenters. The van der Waals surface area contributed by atoms with Crippen molar-refractivity contribution in [1.29, 1.82) is 0 Å². The van der Waals surface area contributed by atoms with Gasteiger partial charge in [-0.25, -0.2) is 0 Å². The van der Waals surface area contributed by atoms with Crippen LogP contribution in [0.15, 0.2) is 0 Å². The Kier molecular flexibility index (Phi) is 5.19. The zero-order chi connectivity index (χ0) is 14.5. The molecule has 1 fully saturated rings. The summed E-state index contributed by atoms with van der Waals surface area (Å²) in [7, 11) is 0. The lowest BCUT2D eigenvalue weighted by atomic mass is 10.2. The Morgan fingerprint density at radius 3 is 2.95 bits per heavy atom. The molecule has 112 valence electrons. The molecular formula is C13H22N4O2S. The number of aromatic nitrogens is 1. The highest BCUT2D eigenvalue weighted by Gasteiger charge is 2.27. The Bertz CT molecular complexity index is 457. The van der Waals surface area contributed by atoms with Gasteiger partial charge in [0.1, 0.15) is 10.6 Å². The Hall–Kier alpha value is -1.34.